The summed E-state index contributed by atoms with van der Waals surface area (Å²) in [6.07, 6.45) is 3.61. The zero-order chi connectivity index (χ0) is 13.1. The Morgan fingerprint density at radius 1 is 1.17 bits per heavy atom. The largest absolute Gasteiger partial charge is 0.271 e. The van der Waals surface area contributed by atoms with Crippen LogP contribution in [-0.2, 0) is 0 Å². The number of benzene rings is 1. The van der Waals surface area contributed by atoms with Crippen LogP contribution in [0.25, 0.3) is 0 Å². The second kappa shape index (κ2) is 5.48. The molecule has 0 aliphatic rings. The maximum absolute atomic E-state index is 6.28. The summed E-state index contributed by atoms with van der Waals surface area (Å²) in [7, 11) is 0. The minimum absolute atomic E-state index is 0.148. The van der Waals surface area contributed by atoms with Crippen LogP contribution in [0.4, 0.5) is 0 Å². The molecule has 94 valence electrons. The Balaban J connectivity index is 2.45. The van der Waals surface area contributed by atoms with Gasteiger partial charge in [0.1, 0.15) is 0 Å². The van der Waals surface area contributed by atoms with Crippen molar-refractivity contribution in [1.82, 2.24) is 10.4 Å². The molecule has 1 unspecified atom stereocenters. The SMILES string of the molecule is Cc1cncc(C(NN)c2ccc(C)cc2Cl)c1. The molecule has 1 aromatic heterocycles. The number of aryl methyl sites for hydroxylation is 2. The van der Waals surface area contributed by atoms with Crippen molar-refractivity contribution >= 4 is 11.6 Å². The van der Waals surface area contributed by atoms with E-state index in [9.17, 15) is 0 Å². The number of nitrogens with one attached hydrogen (secondary N) is 1. The summed E-state index contributed by atoms with van der Waals surface area (Å²) in [4.78, 5) is 4.19. The van der Waals surface area contributed by atoms with Gasteiger partial charge in [-0.3, -0.25) is 10.8 Å². The molecule has 0 bridgehead atoms. The van der Waals surface area contributed by atoms with Gasteiger partial charge < -0.3 is 0 Å². The number of pyridine rings is 1. The van der Waals surface area contributed by atoms with E-state index in [1.165, 1.54) is 0 Å². The Morgan fingerprint density at radius 2 is 1.94 bits per heavy atom. The van der Waals surface area contributed by atoms with Crippen LogP contribution in [0.1, 0.15) is 28.3 Å². The van der Waals surface area contributed by atoms with Gasteiger partial charge >= 0.3 is 0 Å². The minimum Gasteiger partial charge on any atom is -0.271 e. The van der Waals surface area contributed by atoms with E-state index in [1.54, 1.807) is 6.20 Å². The van der Waals surface area contributed by atoms with Crippen molar-refractivity contribution in [3.8, 4) is 0 Å². The molecule has 3 N–H and O–H groups in total. The van der Waals surface area contributed by atoms with Crippen LogP contribution < -0.4 is 11.3 Å². The van der Waals surface area contributed by atoms with Gasteiger partial charge in [0.15, 0.2) is 0 Å². The molecular weight excluding hydrogens is 246 g/mol. The third-order valence-electron chi connectivity index (χ3n) is 2.86. The van der Waals surface area contributed by atoms with E-state index in [1.807, 2.05) is 44.3 Å². The molecule has 0 aliphatic heterocycles. The number of rotatable bonds is 3. The van der Waals surface area contributed by atoms with Gasteiger partial charge in [-0.2, -0.15) is 0 Å². The highest BCUT2D eigenvalue weighted by Crippen LogP contribution is 2.28. The predicted molar refractivity (Wildman–Crippen MR) is 74.3 cm³/mol. The fraction of sp³-hybridized carbons (Fsp3) is 0.214. The normalized spacial score (nSPS) is 12.4. The summed E-state index contributed by atoms with van der Waals surface area (Å²) in [5.74, 6) is 5.66. The zero-order valence-electron chi connectivity index (χ0n) is 10.4. The molecule has 1 heterocycles. The van der Waals surface area contributed by atoms with E-state index in [0.29, 0.717) is 5.02 Å². The van der Waals surface area contributed by atoms with Gasteiger partial charge in [-0.25, -0.2) is 5.43 Å². The summed E-state index contributed by atoms with van der Waals surface area (Å²) in [5.41, 5.74) is 6.98. The third-order valence-corrected chi connectivity index (χ3v) is 3.19. The van der Waals surface area contributed by atoms with Crippen molar-refractivity contribution < 1.29 is 0 Å². The lowest BCUT2D eigenvalue weighted by Gasteiger charge is -2.18. The lowest BCUT2D eigenvalue weighted by Crippen LogP contribution is -2.29. The fourth-order valence-electron chi connectivity index (χ4n) is 1.97. The first-order chi connectivity index (χ1) is 8.61. The summed E-state index contributed by atoms with van der Waals surface area (Å²) in [6.45, 7) is 4.01. The van der Waals surface area contributed by atoms with Crippen LogP contribution in [0, 0.1) is 13.8 Å². The van der Waals surface area contributed by atoms with Crippen LogP contribution in [-0.4, -0.2) is 4.98 Å². The molecule has 2 aromatic rings. The van der Waals surface area contributed by atoms with Crippen molar-refractivity contribution in [3.05, 3.63) is 63.9 Å². The minimum atomic E-state index is -0.148. The van der Waals surface area contributed by atoms with Crippen molar-refractivity contribution in [1.29, 1.82) is 0 Å². The lowest BCUT2D eigenvalue weighted by atomic mass is 9.99. The molecule has 0 fully saturated rings. The van der Waals surface area contributed by atoms with Crippen LogP contribution >= 0.6 is 11.6 Å². The van der Waals surface area contributed by atoms with E-state index in [4.69, 9.17) is 17.4 Å². The molecule has 1 aromatic carbocycles. The second-order valence-electron chi connectivity index (χ2n) is 4.42. The molecule has 4 heteroatoms. The second-order valence-corrected chi connectivity index (χ2v) is 4.83. The van der Waals surface area contributed by atoms with Gasteiger partial charge in [0, 0.05) is 17.4 Å². The number of aromatic nitrogens is 1. The monoisotopic (exact) mass is 261 g/mol. The van der Waals surface area contributed by atoms with Gasteiger partial charge in [0.25, 0.3) is 0 Å². The van der Waals surface area contributed by atoms with E-state index < -0.39 is 0 Å². The third kappa shape index (κ3) is 2.70. The summed E-state index contributed by atoms with van der Waals surface area (Å²) in [6, 6.07) is 7.85. The molecule has 2 rings (SSSR count). The van der Waals surface area contributed by atoms with Crippen molar-refractivity contribution in [2.45, 2.75) is 19.9 Å². The molecule has 1 atom stereocenters. The first-order valence-electron chi connectivity index (χ1n) is 5.75. The molecule has 18 heavy (non-hydrogen) atoms. The number of halogens is 1. The number of hydrazine groups is 1. The first-order valence-corrected chi connectivity index (χ1v) is 6.13. The first kappa shape index (κ1) is 13.0. The molecule has 0 amide bonds. The van der Waals surface area contributed by atoms with Crippen LogP contribution in [0.15, 0.2) is 36.7 Å². The smallest absolute Gasteiger partial charge is 0.0739 e. The quantitative estimate of drug-likeness (QED) is 0.660. The maximum Gasteiger partial charge on any atom is 0.0739 e. The van der Waals surface area contributed by atoms with Crippen LogP contribution in [0.2, 0.25) is 5.02 Å². The van der Waals surface area contributed by atoms with E-state index >= 15 is 0 Å². The van der Waals surface area contributed by atoms with Crippen LogP contribution in [0.5, 0.6) is 0 Å². The highest BCUT2D eigenvalue weighted by atomic mass is 35.5. The average Bonchev–Trinajstić information content (AvgIpc) is 2.33. The van der Waals surface area contributed by atoms with Gasteiger partial charge in [0.05, 0.1) is 6.04 Å². The van der Waals surface area contributed by atoms with Gasteiger partial charge in [0.2, 0.25) is 0 Å². The highest BCUT2D eigenvalue weighted by Gasteiger charge is 2.16. The molecule has 3 nitrogen and oxygen atoms in total. The van der Waals surface area contributed by atoms with Crippen molar-refractivity contribution in [3.63, 3.8) is 0 Å². The fourth-order valence-corrected chi connectivity index (χ4v) is 2.31. The molecular formula is C14H16ClN3. The van der Waals surface area contributed by atoms with E-state index in [-0.39, 0.29) is 6.04 Å². The number of hydrogen-bond acceptors (Lipinski definition) is 3. The molecule has 0 saturated carbocycles. The van der Waals surface area contributed by atoms with Gasteiger partial charge in [-0.05, 0) is 42.2 Å². The average molecular weight is 262 g/mol. The standard InChI is InChI=1S/C14H16ClN3/c1-9-3-4-12(13(15)6-9)14(18-16)11-5-10(2)7-17-8-11/h3-8,14,18H,16H2,1-2H3. The zero-order valence-corrected chi connectivity index (χ0v) is 11.2. The Bertz CT molecular complexity index is 554. The van der Waals surface area contributed by atoms with Gasteiger partial charge in [-0.15, -0.1) is 0 Å². The summed E-state index contributed by atoms with van der Waals surface area (Å²) < 4.78 is 0. The Labute approximate surface area is 112 Å². The van der Waals surface area contributed by atoms with Crippen molar-refractivity contribution in [2.24, 2.45) is 5.84 Å². The Hall–Kier alpha value is -1.42. The molecule has 0 aliphatic carbocycles. The number of nitrogens with zero attached hydrogens (tertiary/aromatic N) is 1. The lowest BCUT2D eigenvalue weighted by molar-refractivity contribution is 0.634. The predicted octanol–water partition coefficient (Wildman–Crippen LogP) is 2.90. The maximum atomic E-state index is 6.28. The highest BCUT2D eigenvalue weighted by molar-refractivity contribution is 6.31. The molecule has 0 radical (unpaired) electrons. The van der Waals surface area contributed by atoms with Crippen LogP contribution in [0.3, 0.4) is 0 Å². The Kier molecular flexibility index (Phi) is 3.97. The summed E-state index contributed by atoms with van der Waals surface area (Å²) >= 11 is 6.28. The van der Waals surface area contributed by atoms with Gasteiger partial charge in [-0.1, -0.05) is 29.8 Å². The molecule has 0 saturated heterocycles. The Morgan fingerprint density at radius 3 is 2.56 bits per heavy atom. The topological polar surface area (TPSA) is 50.9 Å². The van der Waals surface area contributed by atoms with Crippen molar-refractivity contribution in [2.75, 3.05) is 0 Å². The number of hydrogen-bond donors (Lipinski definition) is 2. The summed E-state index contributed by atoms with van der Waals surface area (Å²) in [5, 5.41) is 0.708. The number of nitrogens with two attached hydrogens (primary N) is 1. The van der Waals surface area contributed by atoms with E-state index in [0.717, 1.165) is 22.3 Å². The van der Waals surface area contributed by atoms with E-state index in [2.05, 4.69) is 10.4 Å². The molecule has 0 spiro atoms.